The zero-order chi connectivity index (χ0) is 20.6. The van der Waals surface area contributed by atoms with Crippen LogP contribution in [0, 0.1) is 11.8 Å². The second-order valence-electron chi connectivity index (χ2n) is 7.15. The molecule has 0 aromatic carbocycles. The van der Waals surface area contributed by atoms with E-state index < -0.39 is 41.9 Å². The molecule has 0 saturated carbocycles. The summed E-state index contributed by atoms with van der Waals surface area (Å²) in [5.41, 5.74) is 0.146. The molecule has 2 N–H and O–H groups in total. The minimum Gasteiger partial charge on any atom is -0.428 e. The summed E-state index contributed by atoms with van der Waals surface area (Å²) in [5, 5.41) is 9.70. The number of carbonyl (C=O) groups is 3. The Morgan fingerprint density at radius 3 is 2.64 bits per heavy atom. The Morgan fingerprint density at radius 2 is 2.07 bits per heavy atom. The van der Waals surface area contributed by atoms with Crippen LogP contribution in [0.5, 0.6) is 0 Å². The lowest BCUT2D eigenvalue weighted by molar-refractivity contribution is -0.171. The molecular weight excluding hydrogens is 426 g/mol. The maximum atomic E-state index is 12.7. The molecule has 1 amide bonds. The molecule has 0 bridgehead atoms. The summed E-state index contributed by atoms with van der Waals surface area (Å²) in [4.78, 5) is 38.0. The molecule has 28 heavy (non-hydrogen) atoms. The van der Waals surface area contributed by atoms with Crippen LogP contribution in [0.1, 0.15) is 27.2 Å². The number of amides is 1. The minimum atomic E-state index is -0.815. The first-order valence-corrected chi connectivity index (χ1v) is 12.3. The van der Waals surface area contributed by atoms with Crippen molar-refractivity contribution < 1.29 is 33.5 Å². The maximum absolute atomic E-state index is 12.7. The first-order valence-electron chi connectivity index (χ1n) is 8.99. The van der Waals surface area contributed by atoms with E-state index in [0.717, 1.165) is 12.2 Å². The molecule has 3 aliphatic heterocycles. The van der Waals surface area contributed by atoms with Crippen molar-refractivity contribution in [2.45, 2.75) is 43.9 Å². The predicted octanol–water partition coefficient (Wildman–Crippen LogP) is 1.36. The molecule has 2 unspecified atom stereocenters. The van der Waals surface area contributed by atoms with E-state index >= 15 is 0 Å². The van der Waals surface area contributed by atoms with Crippen molar-refractivity contribution in [2.24, 2.45) is 11.8 Å². The molecular formula is C17H24NO7S3+. The highest BCUT2D eigenvalue weighted by molar-refractivity contribution is 8.23. The van der Waals surface area contributed by atoms with Gasteiger partial charge in [0.25, 0.3) is 0 Å². The van der Waals surface area contributed by atoms with Gasteiger partial charge in [0.1, 0.15) is 22.3 Å². The van der Waals surface area contributed by atoms with E-state index in [2.05, 4.69) is 0 Å². The molecule has 5 atom stereocenters. The van der Waals surface area contributed by atoms with E-state index in [1.807, 2.05) is 0 Å². The second-order valence-corrected chi connectivity index (χ2v) is 11.5. The monoisotopic (exact) mass is 450 g/mol. The minimum absolute atomic E-state index is 0.146. The van der Waals surface area contributed by atoms with Crippen molar-refractivity contribution in [1.29, 1.82) is 0 Å². The first-order chi connectivity index (χ1) is 13.2. The van der Waals surface area contributed by atoms with Crippen molar-refractivity contribution in [2.75, 3.05) is 18.3 Å². The SMILES string of the molecule is CC(C)C(=O)OCOC(=O)C1=C(SC2CC[S+](O)C2)S[C@@H]2[C@@H]([C@@H](C)O)C(=O)N12. The number of aliphatic hydroxyl groups excluding tert-OH is 1. The number of ether oxygens (including phenoxy) is 2. The quantitative estimate of drug-likeness (QED) is 0.257. The smallest absolute Gasteiger partial charge is 0.359 e. The van der Waals surface area contributed by atoms with Crippen LogP contribution in [0.4, 0.5) is 0 Å². The molecule has 156 valence electrons. The Balaban J connectivity index is 1.72. The third-order valence-electron chi connectivity index (χ3n) is 4.65. The van der Waals surface area contributed by atoms with Gasteiger partial charge in [0.05, 0.1) is 27.4 Å². The van der Waals surface area contributed by atoms with Gasteiger partial charge in [-0.25, -0.2) is 4.79 Å². The van der Waals surface area contributed by atoms with Crippen molar-refractivity contribution in [3.8, 4) is 0 Å². The number of nitrogens with zero attached hydrogens (tertiary/aromatic N) is 1. The summed E-state index contributed by atoms with van der Waals surface area (Å²) >= 11 is 2.23. The number of β-lactam (4-membered cyclic amide) rings is 1. The van der Waals surface area contributed by atoms with Gasteiger partial charge in [-0.2, -0.15) is 4.55 Å². The van der Waals surface area contributed by atoms with Crippen molar-refractivity contribution >= 4 is 52.5 Å². The van der Waals surface area contributed by atoms with Gasteiger partial charge in [0, 0.05) is 6.42 Å². The molecule has 0 aromatic heterocycles. The highest BCUT2D eigenvalue weighted by Gasteiger charge is 2.58. The molecule has 0 spiro atoms. The standard InChI is InChI=1S/C17H24NO7S3/c1-8(2)15(21)24-7-25-16(22)12-17(26-10-4-5-28(23)6-10)27-14-11(9(3)19)13(20)18(12)14/h8-11,14,19,23H,4-7H2,1-3H3/q+1/t9-,10?,11+,14-,28?/m1/s1. The fourth-order valence-electron chi connectivity index (χ4n) is 3.09. The third kappa shape index (κ3) is 4.33. The summed E-state index contributed by atoms with van der Waals surface area (Å²) in [5.74, 6) is -1.04. The normalized spacial score (nSPS) is 30.4. The number of fused-ring (bicyclic) bond motifs is 1. The lowest BCUT2D eigenvalue weighted by Gasteiger charge is -2.43. The summed E-state index contributed by atoms with van der Waals surface area (Å²) in [7, 11) is 0. The van der Waals surface area contributed by atoms with Crippen LogP contribution in [-0.2, 0) is 35.0 Å². The lowest BCUT2D eigenvalue weighted by atomic mass is 9.92. The summed E-state index contributed by atoms with van der Waals surface area (Å²) < 4.78 is 20.4. The van der Waals surface area contributed by atoms with Crippen LogP contribution < -0.4 is 0 Å². The number of aliphatic hydroxyl groups is 1. The number of hydrogen-bond acceptors (Lipinski definition) is 9. The van der Waals surface area contributed by atoms with Crippen molar-refractivity contribution in [3.05, 3.63) is 9.93 Å². The zero-order valence-corrected chi connectivity index (χ0v) is 18.3. The van der Waals surface area contributed by atoms with E-state index in [-0.39, 0.29) is 28.1 Å². The van der Waals surface area contributed by atoms with Gasteiger partial charge in [0.2, 0.25) is 12.7 Å². The highest BCUT2D eigenvalue weighted by Crippen LogP contribution is 2.55. The number of thioether (sulfide) groups is 2. The van der Waals surface area contributed by atoms with Gasteiger partial charge in [-0.3, -0.25) is 14.5 Å². The Bertz CT molecular complexity index is 696. The Labute approximate surface area is 174 Å². The van der Waals surface area contributed by atoms with Crippen LogP contribution in [0.2, 0.25) is 0 Å². The van der Waals surface area contributed by atoms with Gasteiger partial charge in [-0.15, -0.1) is 11.8 Å². The van der Waals surface area contributed by atoms with Gasteiger partial charge in [-0.05, 0) is 6.92 Å². The first kappa shape index (κ1) is 21.8. The molecule has 3 aliphatic rings. The fraction of sp³-hybridized carbons (Fsp3) is 0.706. The number of hydrogen-bond donors (Lipinski definition) is 2. The summed E-state index contributed by atoms with van der Waals surface area (Å²) in [6.07, 6.45) is 0.0193. The molecule has 3 rings (SSSR count). The molecule has 11 heteroatoms. The van der Waals surface area contributed by atoms with Crippen LogP contribution in [0.15, 0.2) is 9.93 Å². The number of carbonyl (C=O) groups excluding carboxylic acids is 3. The molecule has 0 aromatic rings. The molecule has 2 fully saturated rings. The summed E-state index contributed by atoms with van der Waals surface area (Å²) in [6, 6.07) is 0. The largest absolute Gasteiger partial charge is 0.428 e. The zero-order valence-electron chi connectivity index (χ0n) is 15.8. The highest BCUT2D eigenvalue weighted by atomic mass is 32.2. The fourth-order valence-corrected chi connectivity index (χ4v) is 8.38. The second kappa shape index (κ2) is 8.86. The Hall–Kier alpha value is -0.880. The van der Waals surface area contributed by atoms with Gasteiger partial charge in [0.15, 0.2) is 11.4 Å². The Morgan fingerprint density at radius 1 is 1.36 bits per heavy atom. The number of esters is 2. The van der Waals surface area contributed by atoms with E-state index in [4.69, 9.17) is 9.47 Å². The van der Waals surface area contributed by atoms with Gasteiger partial charge < -0.3 is 14.6 Å². The average Bonchev–Trinajstić information content (AvgIpc) is 3.15. The molecule has 8 nitrogen and oxygen atoms in total. The van der Waals surface area contributed by atoms with Crippen LogP contribution in [-0.4, -0.2) is 67.4 Å². The lowest BCUT2D eigenvalue weighted by Crippen LogP contribution is -2.60. The summed E-state index contributed by atoms with van der Waals surface area (Å²) in [6.45, 7) is 4.39. The average molecular weight is 451 g/mol. The van der Waals surface area contributed by atoms with Crippen molar-refractivity contribution in [3.63, 3.8) is 0 Å². The van der Waals surface area contributed by atoms with Crippen molar-refractivity contribution in [1.82, 2.24) is 4.90 Å². The Kier molecular flexibility index (Phi) is 6.91. The third-order valence-corrected chi connectivity index (χ3v) is 9.23. The van der Waals surface area contributed by atoms with E-state index in [9.17, 15) is 24.0 Å². The van der Waals surface area contributed by atoms with Crippen LogP contribution in [0.3, 0.4) is 0 Å². The molecule has 0 radical (unpaired) electrons. The maximum Gasteiger partial charge on any atom is 0.359 e. The van der Waals surface area contributed by atoms with Crippen LogP contribution >= 0.6 is 23.5 Å². The molecule has 0 aliphatic carbocycles. The van der Waals surface area contributed by atoms with Crippen LogP contribution in [0.25, 0.3) is 0 Å². The van der Waals surface area contributed by atoms with Gasteiger partial charge >= 0.3 is 11.9 Å². The number of rotatable bonds is 7. The topological polar surface area (TPSA) is 113 Å². The van der Waals surface area contributed by atoms with E-state index in [1.165, 1.54) is 28.4 Å². The van der Waals surface area contributed by atoms with Gasteiger partial charge in [-0.1, -0.05) is 25.6 Å². The van der Waals surface area contributed by atoms with E-state index in [0.29, 0.717) is 9.99 Å². The van der Waals surface area contributed by atoms with E-state index in [1.54, 1.807) is 20.8 Å². The molecule has 3 heterocycles. The molecule has 2 saturated heterocycles. The predicted molar refractivity (Wildman–Crippen MR) is 108 cm³/mol.